The van der Waals surface area contributed by atoms with E-state index in [0.717, 1.165) is 0 Å². The van der Waals surface area contributed by atoms with Gasteiger partial charge in [0.05, 0.1) is 18.8 Å². The van der Waals surface area contributed by atoms with E-state index in [0.29, 0.717) is 0 Å². The number of methoxy groups -OCH3 is 1. The van der Waals surface area contributed by atoms with Crippen LogP contribution in [0, 0.1) is 5.92 Å². The lowest BCUT2D eigenvalue weighted by Gasteiger charge is -2.42. The average Bonchev–Trinajstić information content (AvgIpc) is 2.53. The summed E-state index contributed by atoms with van der Waals surface area (Å²) < 4.78 is 12.5. The van der Waals surface area contributed by atoms with Crippen LogP contribution < -0.4 is 9.88 Å². The number of aliphatic hydroxyl groups is 2. The number of aromatic nitrogens is 1. The molecule has 5 unspecified atom stereocenters. The van der Waals surface area contributed by atoms with Crippen LogP contribution in [0.3, 0.4) is 0 Å². The highest BCUT2D eigenvalue weighted by atomic mass is 16.7. The molecule has 5 atom stereocenters. The van der Waals surface area contributed by atoms with Gasteiger partial charge in [0.1, 0.15) is 6.04 Å². The Morgan fingerprint density at radius 3 is 2.64 bits per heavy atom. The molecule has 2 rings (SSSR count). The first-order valence-electron chi connectivity index (χ1n) is 7.27. The fraction of sp³-hybridized carbons (Fsp3) is 0.600. The summed E-state index contributed by atoms with van der Waals surface area (Å²) >= 11 is 0. The fourth-order valence-corrected chi connectivity index (χ4v) is 2.59. The molecule has 7 nitrogen and oxygen atoms in total. The third-order valence-corrected chi connectivity index (χ3v) is 3.94. The van der Waals surface area contributed by atoms with Crippen molar-refractivity contribution in [3.8, 4) is 0 Å². The molecule has 7 heteroatoms. The molecule has 122 valence electrons. The molecule has 0 bridgehead atoms. The highest BCUT2D eigenvalue weighted by molar-refractivity contribution is 5.74. The van der Waals surface area contributed by atoms with E-state index < -0.39 is 24.5 Å². The molecule has 1 saturated heterocycles. The first kappa shape index (κ1) is 16.8. The molecule has 0 radical (unpaired) electrons. The summed E-state index contributed by atoms with van der Waals surface area (Å²) in [4.78, 5) is 12.1. The van der Waals surface area contributed by atoms with E-state index >= 15 is 0 Å². The van der Waals surface area contributed by atoms with Gasteiger partial charge in [-0.25, -0.2) is 0 Å². The Morgan fingerprint density at radius 1 is 1.36 bits per heavy atom. The summed E-state index contributed by atoms with van der Waals surface area (Å²) in [6.45, 7) is 1.69. The lowest BCUT2D eigenvalue weighted by molar-refractivity contribution is -0.684. The molecule has 1 aromatic rings. The molecule has 1 fully saturated rings. The zero-order valence-corrected chi connectivity index (χ0v) is 12.8. The maximum atomic E-state index is 12.1. The fourth-order valence-electron chi connectivity index (χ4n) is 2.59. The van der Waals surface area contributed by atoms with Crippen molar-refractivity contribution in [1.29, 1.82) is 0 Å². The quantitative estimate of drug-likeness (QED) is 0.595. The van der Waals surface area contributed by atoms with E-state index in [1.165, 1.54) is 7.11 Å². The van der Waals surface area contributed by atoms with Gasteiger partial charge in [0, 0.05) is 25.2 Å². The zero-order chi connectivity index (χ0) is 16.1. The normalized spacial score (nSPS) is 31.7. The number of aliphatic hydroxyl groups excluding tert-OH is 2. The minimum atomic E-state index is -0.861. The van der Waals surface area contributed by atoms with Crippen LogP contribution >= 0.6 is 0 Å². The van der Waals surface area contributed by atoms with Crippen LogP contribution in [0.5, 0.6) is 0 Å². The molecule has 0 spiro atoms. The maximum Gasteiger partial charge on any atom is 0.286 e. The van der Waals surface area contributed by atoms with Gasteiger partial charge in [-0.2, -0.15) is 4.57 Å². The van der Waals surface area contributed by atoms with Crippen LogP contribution in [0.4, 0.5) is 0 Å². The van der Waals surface area contributed by atoms with Crippen molar-refractivity contribution in [1.82, 2.24) is 5.32 Å². The predicted molar refractivity (Wildman–Crippen MR) is 76.5 cm³/mol. The van der Waals surface area contributed by atoms with Crippen LogP contribution in [0.15, 0.2) is 30.6 Å². The third kappa shape index (κ3) is 3.80. The van der Waals surface area contributed by atoms with Crippen molar-refractivity contribution in [2.45, 2.75) is 38.0 Å². The average molecular weight is 311 g/mol. The molecule has 22 heavy (non-hydrogen) atoms. The Morgan fingerprint density at radius 2 is 2.05 bits per heavy atom. The number of nitrogens with zero attached hydrogens (tertiary/aromatic N) is 1. The number of ether oxygens (including phenoxy) is 2. The second-order valence-electron chi connectivity index (χ2n) is 5.45. The van der Waals surface area contributed by atoms with Crippen LogP contribution in [-0.4, -0.2) is 54.4 Å². The number of carbonyl (C=O) groups is 1. The molecule has 1 aliphatic heterocycles. The summed E-state index contributed by atoms with van der Waals surface area (Å²) in [5.74, 6) is -0.563. The number of pyridine rings is 1. The van der Waals surface area contributed by atoms with Crippen molar-refractivity contribution in [2.75, 3.05) is 13.7 Å². The molecule has 0 aliphatic carbocycles. The number of carbonyl (C=O) groups excluding carboxylic acids is 1. The Labute approximate surface area is 129 Å². The number of rotatable bonds is 5. The van der Waals surface area contributed by atoms with Crippen molar-refractivity contribution in [3.05, 3.63) is 30.6 Å². The van der Waals surface area contributed by atoms with Crippen molar-refractivity contribution in [3.63, 3.8) is 0 Å². The van der Waals surface area contributed by atoms with Gasteiger partial charge in [-0.15, -0.1) is 0 Å². The largest absolute Gasteiger partial charge is 0.394 e. The lowest BCUT2D eigenvalue weighted by Crippen LogP contribution is -2.62. The van der Waals surface area contributed by atoms with Gasteiger partial charge in [0.25, 0.3) is 5.91 Å². The van der Waals surface area contributed by atoms with E-state index in [4.69, 9.17) is 9.47 Å². The number of amides is 1. The molecular weight excluding hydrogens is 288 g/mol. The SMILES string of the molecule is COC1OC(CO)C(C)C(O)C1NC(=O)C[n+]1ccccc1. The van der Waals surface area contributed by atoms with Crippen molar-refractivity contribution in [2.24, 2.45) is 5.92 Å². The Balaban J connectivity index is 2.01. The van der Waals surface area contributed by atoms with Crippen LogP contribution in [-0.2, 0) is 20.8 Å². The summed E-state index contributed by atoms with van der Waals surface area (Å²) in [5.41, 5.74) is 0. The topological polar surface area (TPSA) is 91.9 Å². The molecule has 0 aromatic carbocycles. The van der Waals surface area contributed by atoms with Gasteiger partial charge in [-0.3, -0.25) is 4.79 Å². The number of nitrogens with one attached hydrogen (secondary N) is 1. The van der Waals surface area contributed by atoms with E-state index in [2.05, 4.69) is 5.32 Å². The molecule has 1 aromatic heterocycles. The third-order valence-electron chi connectivity index (χ3n) is 3.94. The minimum absolute atomic E-state index is 0.137. The van der Waals surface area contributed by atoms with Crippen molar-refractivity contribution < 1.29 is 29.0 Å². The highest BCUT2D eigenvalue weighted by Gasteiger charge is 2.43. The van der Waals surface area contributed by atoms with Crippen molar-refractivity contribution >= 4 is 5.91 Å². The molecular formula is C15H23N2O5+. The van der Waals surface area contributed by atoms with Gasteiger partial charge < -0.3 is 25.0 Å². The zero-order valence-electron chi connectivity index (χ0n) is 12.8. The van der Waals surface area contributed by atoms with Crippen LogP contribution in [0.25, 0.3) is 0 Å². The monoisotopic (exact) mass is 311 g/mol. The number of hydrogen-bond acceptors (Lipinski definition) is 5. The van der Waals surface area contributed by atoms with Gasteiger partial charge in [0.2, 0.25) is 6.54 Å². The van der Waals surface area contributed by atoms with E-state index in [9.17, 15) is 15.0 Å². The predicted octanol–water partition coefficient (Wildman–Crippen LogP) is -1.18. The van der Waals surface area contributed by atoms with Gasteiger partial charge >= 0.3 is 0 Å². The smallest absolute Gasteiger partial charge is 0.286 e. The summed E-state index contributed by atoms with van der Waals surface area (Å²) in [6.07, 6.45) is 1.39. The molecule has 3 N–H and O–H groups in total. The first-order chi connectivity index (χ1) is 10.6. The standard InChI is InChI=1S/C15H22N2O5/c1-10-11(9-18)22-15(21-2)13(14(10)20)16-12(19)8-17-6-4-3-5-7-17/h3-7,10-11,13-15,18,20H,8-9H2,1-2H3/p+1. The molecule has 1 aliphatic rings. The second-order valence-corrected chi connectivity index (χ2v) is 5.45. The van der Waals surface area contributed by atoms with Gasteiger partial charge in [-0.05, 0) is 0 Å². The molecule has 2 heterocycles. The van der Waals surface area contributed by atoms with Crippen LogP contribution in [0.2, 0.25) is 0 Å². The molecule has 0 saturated carbocycles. The summed E-state index contributed by atoms with van der Waals surface area (Å²) in [6, 6.07) is 4.85. The number of hydrogen-bond donors (Lipinski definition) is 3. The second kappa shape index (κ2) is 7.64. The molecule has 1 amide bonds. The lowest BCUT2D eigenvalue weighted by atomic mass is 9.89. The van der Waals surface area contributed by atoms with Gasteiger partial charge in [-0.1, -0.05) is 13.0 Å². The van der Waals surface area contributed by atoms with Crippen LogP contribution in [0.1, 0.15) is 6.92 Å². The maximum absolute atomic E-state index is 12.1. The Hall–Kier alpha value is -1.54. The highest BCUT2D eigenvalue weighted by Crippen LogP contribution is 2.26. The first-order valence-corrected chi connectivity index (χ1v) is 7.27. The Kier molecular flexibility index (Phi) is 5.84. The van der Waals surface area contributed by atoms with Gasteiger partial charge in [0.15, 0.2) is 18.7 Å². The summed E-state index contributed by atoms with van der Waals surface area (Å²) in [5, 5.41) is 22.4. The van der Waals surface area contributed by atoms with E-state index in [1.54, 1.807) is 23.9 Å². The Bertz CT molecular complexity index is 482. The summed E-state index contributed by atoms with van der Waals surface area (Å²) in [7, 11) is 1.44. The minimum Gasteiger partial charge on any atom is -0.394 e. The van der Waals surface area contributed by atoms with E-state index in [1.807, 2.05) is 18.2 Å². The van der Waals surface area contributed by atoms with E-state index in [-0.39, 0.29) is 25.0 Å².